The molecular formula is C29H34ClN5O2S. The fourth-order valence-electron chi connectivity index (χ4n) is 6.02. The van der Waals surface area contributed by atoms with Gasteiger partial charge in [0.2, 0.25) is 5.91 Å². The quantitative estimate of drug-likeness (QED) is 0.330. The molecule has 7 nitrogen and oxygen atoms in total. The van der Waals surface area contributed by atoms with E-state index in [9.17, 15) is 4.79 Å². The van der Waals surface area contributed by atoms with Gasteiger partial charge in [-0.2, -0.15) is 0 Å². The number of hydrogen-bond acceptors (Lipinski definition) is 4. The van der Waals surface area contributed by atoms with Gasteiger partial charge in [-0.25, -0.2) is 0 Å². The van der Waals surface area contributed by atoms with Crippen molar-refractivity contribution in [2.24, 2.45) is 0 Å². The lowest BCUT2D eigenvalue weighted by atomic mass is 9.94. The molecule has 200 valence electrons. The molecule has 2 aliphatic rings. The Morgan fingerprint density at radius 2 is 1.97 bits per heavy atom. The molecule has 1 aliphatic heterocycles. The van der Waals surface area contributed by atoms with E-state index in [2.05, 4.69) is 45.0 Å². The molecule has 2 atom stereocenters. The molecule has 0 radical (unpaired) electrons. The van der Waals surface area contributed by atoms with Gasteiger partial charge in [0, 0.05) is 36.4 Å². The number of ether oxygens (including phenoxy) is 1. The predicted molar refractivity (Wildman–Crippen MR) is 156 cm³/mol. The Hall–Kier alpha value is -2.94. The van der Waals surface area contributed by atoms with E-state index in [-0.39, 0.29) is 24.6 Å². The molecule has 2 unspecified atom stereocenters. The number of carbonyl (C=O) groups is 1. The molecule has 1 amide bonds. The highest BCUT2D eigenvalue weighted by atomic mass is 35.5. The average molecular weight is 552 g/mol. The smallest absolute Gasteiger partial charge is 0.250 e. The zero-order valence-corrected chi connectivity index (χ0v) is 23.6. The van der Waals surface area contributed by atoms with Crippen molar-refractivity contribution in [1.82, 2.24) is 14.9 Å². The van der Waals surface area contributed by atoms with Crippen LogP contribution in [0.1, 0.15) is 72.9 Å². The van der Waals surface area contributed by atoms with Crippen molar-refractivity contribution in [3.8, 4) is 0 Å². The van der Waals surface area contributed by atoms with Crippen molar-refractivity contribution in [2.75, 3.05) is 23.9 Å². The molecule has 38 heavy (non-hydrogen) atoms. The van der Waals surface area contributed by atoms with Crippen LogP contribution in [0.2, 0.25) is 5.02 Å². The maximum atomic E-state index is 12.1. The van der Waals surface area contributed by atoms with E-state index in [1.807, 2.05) is 42.6 Å². The summed E-state index contributed by atoms with van der Waals surface area (Å²) in [5.74, 6) is -0.260. The third-order valence-corrected chi connectivity index (χ3v) is 8.29. The molecule has 2 fully saturated rings. The van der Waals surface area contributed by atoms with Gasteiger partial charge < -0.3 is 24.8 Å². The lowest BCUT2D eigenvalue weighted by Crippen LogP contribution is -2.29. The number of hydrogen-bond donors (Lipinski definition) is 2. The van der Waals surface area contributed by atoms with E-state index >= 15 is 0 Å². The standard InChI is InChI=1S/C29H34ClN5O2S/c1-18-15-22(19(2)34(18)20-9-5-4-6-10-20)28-27(25-11-7-8-14-31-25)33-29(38)35(28)21-12-13-24(23(30)16-21)32-26(36)17-37-3/h7-8,11-16,20,27-28H,4-6,9-10,17H2,1-3H3,(H,32,36)(H,33,38). The summed E-state index contributed by atoms with van der Waals surface area (Å²) in [4.78, 5) is 18.9. The lowest BCUT2D eigenvalue weighted by Gasteiger charge is -2.30. The molecule has 0 spiro atoms. The number of aryl methyl sites for hydroxylation is 1. The third kappa shape index (κ3) is 5.17. The number of nitrogens with one attached hydrogen (secondary N) is 2. The van der Waals surface area contributed by atoms with E-state index in [4.69, 9.17) is 28.6 Å². The molecule has 0 bridgehead atoms. The molecule has 2 aromatic heterocycles. The molecule has 5 rings (SSSR count). The Kier molecular flexibility index (Phi) is 8.02. The summed E-state index contributed by atoms with van der Waals surface area (Å²) in [7, 11) is 1.48. The number of nitrogens with zero attached hydrogens (tertiary/aromatic N) is 3. The lowest BCUT2D eigenvalue weighted by molar-refractivity contribution is -0.119. The number of amides is 1. The maximum absolute atomic E-state index is 12.1. The van der Waals surface area contributed by atoms with Crippen molar-refractivity contribution < 1.29 is 9.53 Å². The van der Waals surface area contributed by atoms with Crippen molar-refractivity contribution >= 4 is 46.2 Å². The molecule has 2 N–H and O–H groups in total. The zero-order valence-electron chi connectivity index (χ0n) is 22.0. The molecule has 1 saturated carbocycles. The number of carbonyl (C=O) groups excluding carboxylic acids is 1. The molecule has 1 saturated heterocycles. The SMILES string of the molecule is COCC(=O)Nc1ccc(N2C(=S)NC(c3ccccn3)C2c2cc(C)n(C3CCCCC3)c2C)cc1Cl. The number of pyridine rings is 1. The highest BCUT2D eigenvalue weighted by Gasteiger charge is 2.42. The van der Waals surface area contributed by atoms with Crippen LogP contribution in [0.25, 0.3) is 0 Å². The van der Waals surface area contributed by atoms with Crippen molar-refractivity contribution in [3.05, 3.63) is 76.3 Å². The van der Waals surface area contributed by atoms with Gasteiger partial charge in [-0.05, 0) is 80.9 Å². The second kappa shape index (κ2) is 11.4. The Morgan fingerprint density at radius 1 is 1.18 bits per heavy atom. The summed E-state index contributed by atoms with van der Waals surface area (Å²) in [5, 5.41) is 7.38. The first-order chi connectivity index (χ1) is 18.4. The number of benzene rings is 1. The van der Waals surface area contributed by atoms with Gasteiger partial charge in [0.25, 0.3) is 0 Å². The summed E-state index contributed by atoms with van der Waals surface area (Å²) in [6.45, 7) is 4.40. The monoisotopic (exact) mass is 551 g/mol. The van der Waals surface area contributed by atoms with E-state index < -0.39 is 0 Å². The minimum absolute atomic E-state index is 0.0390. The van der Waals surface area contributed by atoms with Crippen LogP contribution in [-0.4, -0.2) is 34.3 Å². The topological polar surface area (TPSA) is 71.4 Å². The Bertz CT molecular complexity index is 1320. The number of rotatable bonds is 7. The molecule has 1 aromatic carbocycles. The first-order valence-corrected chi connectivity index (χ1v) is 13.9. The largest absolute Gasteiger partial charge is 0.375 e. The highest BCUT2D eigenvalue weighted by Crippen LogP contribution is 2.45. The van der Waals surface area contributed by atoms with E-state index in [1.165, 1.54) is 56.2 Å². The summed E-state index contributed by atoms with van der Waals surface area (Å²) >= 11 is 12.6. The maximum Gasteiger partial charge on any atom is 0.250 e. The van der Waals surface area contributed by atoms with Gasteiger partial charge in [0.1, 0.15) is 6.61 Å². The van der Waals surface area contributed by atoms with Gasteiger partial charge in [-0.3, -0.25) is 9.78 Å². The third-order valence-electron chi connectivity index (χ3n) is 7.66. The average Bonchev–Trinajstić information content (AvgIpc) is 3.41. The molecule has 1 aliphatic carbocycles. The van der Waals surface area contributed by atoms with Gasteiger partial charge in [-0.15, -0.1) is 0 Å². The van der Waals surface area contributed by atoms with Crippen molar-refractivity contribution in [1.29, 1.82) is 0 Å². The van der Waals surface area contributed by atoms with E-state index in [0.717, 1.165) is 11.4 Å². The predicted octanol–water partition coefficient (Wildman–Crippen LogP) is 6.42. The number of thiocarbonyl (C=S) groups is 1. The summed E-state index contributed by atoms with van der Waals surface area (Å²) in [5.41, 5.74) is 6.08. The number of halogens is 1. The first-order valence-electron chi connectivity index (χ1n) is 13.2. The highest BCUT2D eigenvalue weighted by molar-refractivity contribution is 7.80. The van der Waals surface area contributed by atoms with Crippen LogP contribution in [0.4, 0.5) is 11.4 Å². The van der Waals surface area contributed by atoms with E-state index in [0.29, 0.717) is 21.9 Å². The molecule has 3 heterocycles. The van der Waals surface area contributed by atoms with Crippen LogP contribution in [0, 0.1) is 13.8 Å². The normalized spacial score (nSPS) is 20.0. The van der Waals surface area contributed by atoms with Gasteiger partial charge in [0.05, 0.1) is 28.5 Å². The van der Waals surface area contributed by atoms with Crippen LogP contribution < -0.4 is 15.5 Å². The summed E-state index contributed by atoms with van der Waals surface area (Å²) < 4.78 is 7.45. The van der Waals surface area contributed by atoms with Crippen LogP contribution in [0.5, 0.6) is 0 Å². The fourth-order valence-corrected chi connectivity index (χ4v) is 6.59. The minimum atomic E-state index is -0.260. The van der Waals surface area contributed by atoms with Gasteiger partial charge in [-0.1, -0.05) is 36.9 Å². The second-order valence-electron chi connectivity index (χ2n) is 10.1. The number of aromatic nitrogens is 2. The summed E-state index contributed by atoms with van der Waals surface area (Å²) in [6, 6.07) is 14.2. The summed E-state index contributed by atoms with van der Waals surface area (Å²) in [6.07, 6.45) is 8.13. The minimum Gasteiger partial charge on any atom is -0.375 e. The van der Waals surface area contributed by atoms with Crippen LogP contribution in [0.3, 0.4) is 0 Å². The van der Waals surface area contributed by atoms with Crippen LogP contribution in [-0.2, 0) is 9.53 Å². The number of anilines is 2. The van der Waals surface area contributed by atoms with Crippen LogP contribution in [0.15, 0.2) is 48.7 Å². The fraction of sp³-hybridized carbons (Fsp3) is 0.414. The molecule has 3 aromatic rings. The molecule has 9 heteroatoms. The van der Waals surface area contributed by atoms with Crippen molar-refractivity contribution in [3.63, 3.8) is 0 Å². The van der Waals surface area contributed by atoms with Crippen LogP contribution >= 0.6 is 23.8 Å². The Labute approximate surface area is 234 Å². The van der Waals surface area contributed by atoms with Gasteiger partial charge >= 0.3 is 0 Å². The van der Waals surface area contributed by atoms with Crippen molar-refractivity contribution in [2.45, 2.75) is 64.1 Å². The van der Waals surface area contributed by atoms with Gasteiger partial charge in [0.15, 0.2) is 5.11 Å². The van der Waals surface area contributed by atoms with E-state index in [1.54, 1.807) is 0 Å². The molecular weight excluding hydrogens is 518 g/mol. The Morgan fingerprint density at radius 3 is 2.66 bits per heavy atom. The second-order valence-corrected chi connectivity index (χ2v) is 10.9. The number of methoxy groups -OCH3 is 1. The Balaban J connectivity index is 1.56. The first kappa shape index (κ1) is 26.7. The zero-order chi connectivity index (χ0) is 26.8.